The Hall–Kier alpha value is -3.72. The van der Waals surface area contributed by atoms with Gasteiger partial charge in [0.05, 0.1) is 23.8 Å². The molecule has 4 rings (SSSR count). The molecular weight excluding hydrogens is 448 g/mol. The van der Waals surface area contributed by atoms with Gasteiger partial charge in [0.15, 0.2) is 17.3 Å². The average Bonchev–Trinajstić information content (AvgIpc) is 2.81. The Bertz CT molecular complexity index is 1320. The van der Waals surface area contributed by atoms with Crippen LogP contribution in [-0.2, 0) is 13.1 Å². The van der Waals surface area contributed by atoms with Crippen molar-refractivity contribution in [1.82, 2.24) is 9.13 Å². The van der Waals surface area contributed by atoms with Gasteiger partial charge in [0.1, 0.15) is 24.6 Å². The van der Waals surface area contributed by atoms with Crippen LogP contribution in [0.2, 0.25) is 5.02 Å². The van der Waals surface area contributed by atoms with E-state index in [0.717, 1.165) is 10.1 Å². The molecule has 1 aromatic heterocycles. The number of nitrogen functional groups attached to an aromatic ring is 1. The van der Waals surface area contributed by atoms with Gasteiger partial charge in [-0.2, -0.15) is 0 Å². The number of hydrogen-bond acceptors (Lipinski definition) is 7. The van der Waals surface area contributed by atoms with E-state index in [1.807, 2.05) is 30.3 Å². The first-order chi connectivity index (χ1) is 15.9. The molecule has 172 valence electrons. The third-order valence-corrected chi connectivity index (χ3v) is 5.63. The predicted molar refractivity (Wildman–Crippen MR) is 126 cm³/mol. The van der Waals surface area contributed by atoms with Crippen molar-refractivity contribution >= 4 is 28.9 Å². The normalized spacial score (nSPS) is 12.4. The van der Waals surface area contributed by atoms with Crippen LogP contribution in [0.15, 0.2) is 52.1 Å². The highest BCUT2D eigenvalue weighted by Crippen LogP contribution is 2.37. The van der Waals surface area contributed by atoms with Crippen molar-refractivity contribution in [2.24, 2.45) is 0 Å². The molecule has 0 atom stereocenters. The van der Waals surface area contributed by atoms with E-state index < -0.39 is 17.0 Å². The van der Waals surface area contributed by atoms with Crippen LogP contribution in [-0.4, -0.2) is 34.7 Å². The summed E-state index contributed by atoms with van der Waals surface area (Å²) < 4.78 is 13.3. The Morgan fingerprint density at radius 3 is 2.42 bits per heavy atom. The maximum absolute atomic E-state index is 13.1. The highest BCUT2D eigenvalue weighted by molar-refractivity contribution is 6.33. The van der Waals surface area contributed by atoms with Gasteiger partial charge in [-0.05, 0) is 12.5 Å². The standard InChI is InChI=1S/C23H23ClN4O5/c1-2-27-22(30)20(21(25)28(23(27)31)13-14-6-4-3-5-7-14)17(29)12-26-16-11-19-18(10-15(16)24)32-8-9-33-19/h3-7,10-11,26H,2,8-9,12-13,25H2,1H3. The Balaban J connectivity index is 1.65. The number of hydrogen-bond donors (Lipinski definition) is 2. The van der Waals surface area contributed by atoms with Gasteiger partial charge >= 0.3 is 5.69 Å². The summed E-state index contributed by atoms with van der Waals surface area (Å²) in [7, 11) is 0. The van der Waals surface area contributed by atoms with Crippen LogP contribution in [0.1, 0.15) is 22.8 Å². The van der Waals surface area contributed by atoms with Crippen molar-refractivity contribution in [3.63, 3.8) is 0 Å². The lowest BCUT2D eigenvalue weighted by Crippen LogP contribution is -2.44. The number of ether oxygens (including phenoxy) is 2. The molecule has 0 saturated heterocycles. The first-order valence-corrected chi connectivity index (χ1v) is 10.8. The van der Waals surface area contributed by atoms with E-state index in [9.17, 15) is 14.4 Å². The zero-order chi connectivity index (χ0) is 23.5. The van der Waals surface area contributed by atoms with Crippen LogP contribution in [0.3, 0.4) is 0 Å². The summed E-state index contributed by atoms with van der Waals surface area (Å²) in [6.07, 6.45) is 0. The van der Waals surface area contributed by atoms with Gasteiger partial charge in [-0.1, -0.05) is 41.9 Å². The maximum atomic E-state index is 13.1. The number of nitrogens with zero attached hydrogens (tertiary/aromatic N) is 2. The SMILES string of the molecule is CCn1c(=O)c(C(=O)CNc2cc3c(cc2Cl)OCCO3)c(N)n(Cc2ccccc2)c1=O. The molecule has 1 aliphatic heterocycles. The first kappa shape index (κ1) is 22.5. The molecular formula is C23H23ClN4O5. The molecule has 33 heavy (non-hydrogen) atoms. The summed E-state index contributed by atoms with van der Waals surface area (Å²) in [5, 5.41) is 3.26. The van der Waals surface area contributed by atoms with Gasteiger partial charge in [-0.25, -0.2) is 4.79 Å². The number of benzene rings is 2. The second kappa shape index (κ2) is 9.41. The zero-order valence-corrected chi connectivity index (χ0v) is 18.7. The summed E-state index contributed by atoms with van der Waals surface area (Å²) in [6, 6.07) is 12.4. The fourth-order valence-electron chi connectivity index (χ4n) is 3.64. The van der Waals surface area contributed by atoms with Crippen molar-refractivity contribution < 1.29 is 14.3 Å². The first-order valence-electron chi connectivity index (χ1n) is 10.4. The van der Waals surface area contributed by atoms with Crippen LogP contribution in [0.4, 0.5) is 11.5 Å². The van der Waals surface area contributed by atoms with Gasteiger partial charge < -0.3 is 20.5 Å². The second-order valence-corrected chi connectivity index (χ2v) is 7.82. The molecule has 0 saturated carbocycles. The van der Waals surface area contributed by atoms with E-state index in [-0.39, 0.29) is 31.0 Å². The average molecular weight is 471 g/mol. The maximum Gasteiger partial charge on any atom is 0.332 e. The summed E-state index contributed by atoms with van der Waals surface area (Å²) in [4.78, 5) is 38.8. The molecule has 0 unspecified atom stereocenters. The Morgan fingerprint density at radius 1 is 1.09 bits per heavy atom. The lowest BCUT2D eigenvalue weighted by molar-refractivity contribution is 0.100. The summed E-state index contributed by atoms with van der Waals surface area (Å²) >= 11 is 6.29. The van der Waals surface area contributed by atoms with Crippen molar-refractivity contribution in [3.05, 3.63) is 79.5 Å². The summed E-state index contributed by atoms with van der Waals surface area (Å²) in [6.45, 7) is 2.47. The molecule has 1 aliphatic rings. The molecule has 0 bridgehead atoms. The van der Waals surface area contributed by atoms with Crippen molar-refractivity contribution in [1.29, 1.82) is 0 Å². The van der Waals surface area contributed by atoms with Crippen LogP contribution >= 0.6 is 11.6 Å². The number of rotatable bonds is 7. The number of fused-ring (bicyclic) bond motifs is 1. The van der Waals surface area contributed by atoms with Crippen LogP contribution in [0, 0.1) is 0 Å². The molecule has 0 aliphatic carbocycles. The number of nitrogens with two attached hydrogens (primary N) is 1. The third kappa shape index (κ3) is 4.45. The number of Topliss-reactive ketones (excluding diaryl/α,β-unsaturated/α-hetero) is 1. The number of carbonyl (C=O) groups excluding carboxylic acids is 1. The number of carbonyl (C=O) groups is 1. The molecule has 9 nitrogen and oxygen atoms in total. The highest BCUT2D eigenvalue weighted by atomic mass is 35.5. The largest absolute Gasteiger partial charge is 0.486 e. The molecule has 0 amide bonds. The van der Waals surface area contributed by atoms with E-state index in [0.29, 0.717) is 35.4 Å². The minimum Gasteiger partial charge on any atom is -0.486 e. The van der Waals surface area contributed by atoms with E-state index >= 15 is 0 Å². The lowest BCUT2D eigenvalue weighted by atomic mass is 10.1. The third-order valence-electron chi connectivity index (χ3n) is 5.32. The number of nitrogens with one attached hydrogen (secondary N) is 1. The van der Waals surface area contributed by atoms with E-state index in [4.69, 9.17) is 26.8 Å². The van der Waals surface area contributed by atoms with Crippen LogP contribution in [0.5, 0.6) is 11.5 Å². The topological polar surface area (TPSA) is 118 Å². The molecule has 3 aromatic rings. The minimum absolute atomic E-state index is 0.106. The van der Waals surface area contributed by atoms with E-state index in [1.165, 1.54) is 4.57 Å². The highest BCUT2D eigenvalue weighted by Gasteiger charge is 2.23. The van der Waals surface area contributed by atoms with Gasteiger partial charge in [-0.15, -0.1) is 0 Å². The van der Waals surface area contributed by atoms with Crippen molar-refractivity contribution in [3.8, 4) is 11.5 Å². The Morgan fingerprint density at radius 2 is 1.76 bits per heavy atom. The molecule has 0 radical (unpaired) electrons. The number of aromatic nitrogens is 2. The quantitative estimate of drug-likeness (QED) is 0.509. The fraction of sp³-hybridized carbons (Fsp3) is 0.261. The molecule has 10 heteroatoms. The van der Waals surface area contributed by atoms with Gasteiger partial charge in [0.2, 0.25) is 0 Å². The zero-order valence-electron chi connectivity index (χ0n) is 18.0. The Labute approximate surface area is 194 Å². The second-order valence-electron chi connectivity index (χ2n) is 7.42. The van der Waals surface area contributed by atoms with Crippen LogP contribution < -0.4 is 31.8 Å². The molecule has 2 aromatic carbocycles. The smallest absolute Gasteiger partial charge is 0.332 e. The van der Waals surface area contributed by atoms with Gasteiger partial charge in [0.25, 0.3) is 5.56 Å². The van der Waals surface area contributed by atoms with Crippen LogP contribution in [0.25, 0.3) is 0 Å². The van der Waals surface area contributed by atoms with E-state index in [2.05, 4.69) is 5.32 Å². The number of ketones is 1. The number of anilines is 2. The molecule has 3 N–H and O–H groups in total. The Kier molecular flexibility index (Phi) is 6.41. The number of halogens is 1. The van der Waals surface area contributed by atoms with Crippen molar-refractivity contribution in [2.75, 3.05) is 30.8 Å². The summed E-state index contributed by atoms with van der Waals surface area (Å²) in [5.74, 6) is 0.294. The van der Waals surface area contributed by atoms with Gasteiger partial charge in [0, 0.05) is 18.7 Å². The predicted octanol–water partition coefficient (Wildman–Crippen LogP) is 2.38. The lowest BCUT2D eigenvalue weighted by Gasteiger charge is -2.20. The molecule has 0 spiro atoms. The fourth-order valence-corrected chi connectivity index (χ4v) is 3.86. The minimum atomic E-state index is -0.718. The summed E-state index contributed by atoms with van der Waals surface area (Å²) in [5.41, 5.74) is 5.92. The van der Waals surface area contributed by atoms with Crippen molar-refractivity contribution in [2.45, 2.75) is 20.0 Å². The molecule has 0 fully saturated rings. The monoisotopic (exact) mass is 470 g/mol. The van der Waals surface area contributed by atoms with Gasteiger partial charge in [-0.3, -0.25) is 18.7 Å². The van der Waals surface area contributed by atoms with E-state index in [1.54, 1.807) is 19.1 Å². The molecule has 2 heterocycles.